The largest absolute Gasteiger partial charge is 0.288 e. The topological polar surface area (TPSA) is 54.7 Å². The normalized spacial score (nSPS) is 24.6. The molecule has 20 heavy (non-hydrogen) atoms. The molecule has 2 unspecified atom stereocenters. The van der Waals surface area contributed by atoms with Gasteiger partial charge in [0.2, 0.25) is 0 Å². The van der Waals surface area contributed by atoms with Gasteiger partial charge in [-0.25, -0.2) is 13.4 Å². The van der Waals surface area contributed by atoms with E-state index in [0.29, 0.717) is 30.6 Å². The maximum Gasteiger partial charge on any atom is 0.262 e. The molecule has 1 aliphatic heterocycles. The standard InChI is InChI=1S/C13H16ClN3O2S/c1-9-7-16(8-10(9)2)20(18,19)13-12(14)15-11-5-3-4-6-17(11)13/h3-6,9-10H,7-8H2,1-2H3. The number of fused-ring (bicyclic) bond motifs is 1. The van der Waals surface area contributed by atoms with Gasteiger partial charge in [0.25, 0.3) is 10.0 Å². The molecule has 0 aromatic carbocycles. The van der Waals surface area contributed by atoms with Gasteiger partial charge in [-0.3, -0.25) is 4.40 Å². The highest BCUT2D eigenvalue weighted by Gasteiger charge is 2.38. The fourth-order valence-electron chi connectivity index (χ4n) is 2.57. The number of imidazole rings is 1. The van der Waals surface area contributed by atoms with Crippen molar-refractivity contribution in [1.29, 1.82) is 0 Å². The first-order valence-electron chi connectivity index (χ1n) is 6.54. The molecule has 0 spiro atoms. The van der Waals surface area contributed by atoms with Gasteiger partial charge in [-0.1, -0.05) is 31.5 Å². The van der Waals surface area contributed by atoms with E-state index in [9.17, 15) is 8.42 Å². The Labute approximate surface area is 123 Å². The minimum absolute atomic E-state index is 0.0309. The molecule has 0 amide bonds. The van der Waals surface area contributed by atoms with E-state index in [1.807, 2.05) is 0 Å². The Hall–Kier alpha value is -1.11. The lowest BCUT2D eigenvalue weighted by molar-refractivity contribution is 0.460. The van der Waals surface area contributed by atoms with Gasteiger partial charge in [0.15, 0.2) is 10.2 Å². The summed E-state index contributed by atoms with van der Waals surface area (Å²) in [6.45, 7) is 5.19. The van der Waals surface area contributed by atoms with Gasteiger partial charge in [-0.05, 0) is 24.0 Å². The summed E-state index contributed by atoms with van der Waals surface area (Å²) in [4.78, 5) is 4.11. The fourth-order valence-corrected chi connectivity index (χ4v) is 4.81. The third-order valence-electron chi connectivity index (χ3n) is 3.99. The van der Waals surface area contributed by atoms with Crippen molar-refractivity contribution in [3.63, 3.8) is 0 Å². The maximum atomic E-state index is 12.8. The average molecular weight is 314 g/mol. The van der Waals surface area contributed by atoms with E-state index >= 15 is 0 Å². The number of aromatic nitrogens is 2. The second kappa shape index (κ2) is 4.72. The minimum Gasteiger partial charge on any atom is -0.288 e. The molecule has 3 heterocycles. The van der Waals surface area contributed by atoms with Crippen molar-refractivity contribution in [1.82, 2.24) is 13.7 Å². The summed E-state index contributed by atoms with van der Waals surface area (Å²) in [5.74, 6) is 0.700. The summed E-state index contributed by atoms with van der Waals surface area (Å²) >= 11 is 6.07. The van der Waals surface area contributed by atoms with E-state index in [-0.39, 0.29) is 10.2 Å². The highest BCUT2D eigenvalue weighted by atomic mass is 35.5. The van der Waals surface area contributed by atoms with Gasteiger partial charge >= 0.3 is 0 Å². The second-order valence-electron chi connectivity index (χ2n) is 5.41. The van der Waals surface area contributed by atoms with Crippen molar-refractivity contribution in [2.75, 3.05) is 13.1 Å². The molecule has 2 aromatic rings. The summed E-state index contributed by atoms with van der Waals surface area (Å²) in [5, 5.41) is 0.0967. The van der Waals surface area contributed by atoms with Crippen LogP contribution in [0.5, 0.6) is 0 Å². The molecule has 0 N–H and O–H groups in total. The molecule has 1 aliphatic rings. The van der Waals surface area contributed by atoms with Crippen LogP contribution in [-0.4, -0.2) is 35.2 Å². The lowest BCUT2D eigenvalue weighted by Gasteiger charge is -2.15. The average Bonchev–Trinajstić information content (AvgIpc) is 2.90. The summed E-state index contributed by atoms with van der Waals surface area (Å²) < 4.78 is 28.6. The Bertz CT molecular complexity index is 746. The molecule has 1 saturated heterocycles. The fraction of sp³-hybridized carbons (Fsp3) is 0.462. The molecule has 0 radical (unpaired) electrons. The van der Waals surface area contributed by atoms with Gasteiger partial charge in [0.1, 0.15) is 5.65 Å². The van der Waals surface area contributed by atoms with Gasteiger partial charge in [0.05, 0.1) is 0 Å². The number of rotatable bonds is 2. The van der Waals surface area contributed by atoms with E-state index in [0.717, 1.165) is 0 Å². The van der Waals surface area contributed by atoms with E-state index in [1.54, 1.807) is 24.4 Å². The van der Waals surface area contributed by atoms with Crippen molar-refractivity contribution in [2.45, 2.75) is 18.9 Å². The Kier molecular flexibility index (Phi) is 3.27. The van der Waals surface area contributed by atoms with Crippen LogP contribution in [0.2, 0.25) is 5.15 Å². The van der Waals surface area contributed by atoms with E-state index in [2.05, 4.69) is 18.8 Å². The van der Waals surface area contributed by atoms with Gasteiger partial charge in [-0.2, -0.15) is 4.31 Å². The number of pyridine rings is 1. The number of hydrogen-bond donors (Lipinski definition) is 0. The summed E-state index contributed by atoms with van der Waals surface area (Å²) in [5.41, 5.74) is 0.538. The predicted molar refractivity (Wildman–Crippen MR) is 77.3 cm³/mol. The zero-order valence-electron chi connectivity index (χ0n) is 11.3. The zero-order valence-corrected chi connectivity index (χ0v) is 12.9. The van der Waals surface area contributed by atoms with Crippen LogP contribution in [-0.2, 0) is 10.0 Å². The monoisotopic (exact) mass is 313 g/mol. The molecule has 1 fully saturated rings. The molecule has 0 aliphatic carbocycles. The number of halogens is 1. The molecule has 7 heteroatoms. The van der Waals surface area contributed by atoms with Crippen LogP contribution in [0.25, 0.3) is 5.65 Å². The zero-order chi connectivity index (χ0) is 14.5. The van der Waals surface area contributed by atoms with Crippen LogP contribution < -0.4 is 0 Å². The molecule has 5 nitrogen and oxygen atoms in total. The number of nitrogens with zero attached hydrogens (tertiary/aromatic N) is 3. The second-order valence-corrected chi connectivity index (χ2v) is 7.62. The highest BCUT2D eigenvalue weighted by molar-refractivity contribution is 7.89. The molecule has 0 saturated carbocycles. The van der Waals surface area contributed by atoms with Crippen molar-refractivity contribution < 1.29 is 8.42 Å². The van der Waals surface area contributed by atoms with Crippen molar-refractivity contribution >= 4 is 27.3 Å². The molecule has 2 atom stereocenters. The van der Waals surface area contributed by atoms with Crippen molar-refractivity contribution in [3.05, 3.63) is 29.5 Å². The summed E-state index contributed by atoms with van der Waals surface area (Å²) in [6, 6.07) is 5.30. The van der Waals surface area contributed by atoms with E-state index < -0.39 is 10.0 Å². The highest BCUT2D eigenvalue weighted by Crippen LogP contribution is 2.31. The Morgan fingerprint density at radius 2 is 1.90 bits per heavy atom. The van der Waals surface area contributed by atoms with Crippen LogP contribution in [0.3, 0.4) is 0 Å². The molecular formula is C13H16ClN3O2S. The SMILES string of the molecule is CC1CN(S(=O)(=O)c2c(Cl)nc3ccccn23)CC1C. The predicted octanol–water partition coefficient (Wildman–Crippen LogP) is 2.26. The minimum atomic E-state index is -3.62. The van der Waals surface area contributed by atoms with Crippen LogP contribution in [0, 0.1) is 11.8 Å². The quantitative estimate of drug-likeness (QED) is 0.854. The first kappa shape index (κ1) is 13.9. The third-order valence-corrected chi connectivity index (χ3v) is 6.22. The molecule has 2 aromatic heterocycles. The van der Waals surface area contributed by atoms with Gasteiger partial charge < -0.3 is 0 Å². The molecule has 108 valence electrons. The van der Waals surface area contributed by atoms with Crippen molar-refractivity contribution in [2.24, 2.45) is 11.8 Å². The number of hydrogen-bond acceptors (Lipinski definition) is 3. The van der Waals surface area contributed by atoms with Crippen LogP contribution >= 0.6 is 11.6 Å². The lowest BCUT2D eigenvalue weighted by Crippen LogP contribution is -2.30. The summed E-state index contributed by atoms with van der Waals surface area (Å²) in [7, 11) is -3.62. The number of sulfonamides is 1. The molecule has 3 rings (SSSR count). The molecule has 0 bridgehead atoms. The van der Waals surface area contributed by atoms with Crippen LogP contribution in [0.1, 0.15) is 13.8 Å². The Morgan fingerprint density at radius 1 is 1.25 bits per heavy atom. The van der Waals surface area contributed by atoms with Crippen LogP contribution in [0.4, 0.5) is 0 Å². The van der Waals surface area contributed by atoms with Gasteiger partial charge in [0, 0.05) is 19.3 Å². The summed E-state index contributed by atoms with van der Waals surface area (Å²) in [6.07, 6.45) is 1.67. The first-order valence-corrected chi connectivity index (χ1v) is 8.36. The Morgan fingerprint density at radius 3 is 2.55 bits per heavy atom. The Balaban J connectivity index is 2.13. The maximum absolute atomic E-state index is 12.8. The van der Waals surface area contributed by atoms with Gasteiger partial charge in [-0.15, -0.1) is 0 Å². The van der Waals surface area contributed by atoms with Crippen LogP contribution in [0.15, 0.2) is 29.4 Å². The lowest BCUT2D eigenvalue weighted by atomic mass is 10.0. The first-order chi connectivity index (χ1) is 9.41. The van der Waals surface area contributed by atoms with Crippen molar-refractivity contribution in [3.8, 4) is 0 Å². The van der Waals surface area contributed by atoms with E-state index in [1.165, 1.54) is 8.71 Å². The van der Waals surface area contributed by atoms with E-state index in [4.69, 9.17) is 11.6 Å². The molecular weight excluding hydrogens is 298 g/mol. The third kappa shape index (κ3) is 2.03. The smallest absolute Gasteiger partial charge is 0.262 e.